The monoisotopic (exact) mass is 431 g/mol. The fraction of sp³-hybridized carbons (Fsp3) is 0.263. The molecule has 1 aliphatic rings. The van der Waals surface area contributed by atoms with Crippen LogP contribution in [0.4, 0.5) is 22.0 Å². The molecule has 0 aromatic heterocycles. The molecule has 0 bridgehead atoms. The molecule has 0 aliphatic heterocycles. The molecule has 0 N–H and O–H groups in total. The summed E-state index contributed by atoms with van der Waals surface area (Å²) in [7, 11) is -5.03. The van der Waals surface area contributed by atoms with E-state index in [1.807, 2.05) is 0 Å². The number of terminal acetylenes is 1. The second kappa shape index (κ2) is 8.00. The summed E-state index contributed by atoms with van der Waals surface area (Å²) in [6.45, 7) is -0.377. The summed E-state index contributed by atoms with van der Waals surface area (Å²) in [4.78, 5) is -1.86. The highest BCUT2D eigenvalue weighted by Crippen LogP contribution is 2.37. The summed E-state index contributed by atoms with van der Waals surface area (Å²) in [5, 5.41) is 0. The third-order valence-electron chi connectivity index (χ3n) is 4.25. The first-order valence-electron chi connectivity index (χ1n) is 8.37. The molecule has 2 aromatic rings. The van der Waals surface area contributed by atoms with Gasteiger partial charge in [0.15, 0.2) is 28.2 Å². The molecule has 0 unspecified atom stereocenters. The van der Waals surface area contributed by atoms with Crippen LogP contribution in [0.3, 0.4) is 0 Å². The Bertz CT molecular complexity index is 1060. The number of sulfonamides is 1. The summed E-state index contributed by atoms with van der Waals surface area (Å²) in [6.07, 6.45) is 5.89. The molecule has 1 fully saturated rings. The van der Waals surface area contributed by atoms with Crippen molar-refractivity contribution in [3.63, 3.8) is 0 Å². The number of ether oxygens (including phenoxy) is 1. The van der Waals surface area contributed by atoms with Gasteiger partial charge in [0.25, 0.3) is 0 Å². The first-order chi connectivity index (χ1) is 13.7. The summed E-state index contributed by atoms with van der Waals surface area (Å²) >= 11 is 0. The Morgan fingerprint density at radius 3 is 2.17 bits per heavy atom. The van der Waals surface area contributed by atoms with Gasteiger partial charge >= 0.3 is 0 Å². The number of halogens is 5. The minimum Gasteiger partial charge on any atom is -0.481 e. The molecule has 1 saturated carbocycles. The lowest BCUT2D eigenvalue weighted by Gasteiger charge is -2.23. The van der Waals surface area contributed by atoms with Crippen LogP contribution in [0.25, 0.3) is 0 Å². The molecule has 0 heterocycles. The van der Waals surface area contributed by atoms with Crippen LogP contribution in [0.1, 0.15) is 18.4 Å². The molecule has 0 spiro atoms. The highest BCUT2D eigenvalue weighted by Gasteiger charge is 2.43. The fourth-order valence-corrected chi connectivity index (χ4v) is 4.53. The van der Waals surface area contributed by atoms with Gasteiger partial charge in [-0.15, -0.1) is 6.42 Å². The number of benzene rings is 2. The molecule has 0 amide bonds. The van der Waals surface area contributed by atoms with Crippen molar-refractivity contribution >= 4 is 10.0 Å². The lowest BCUT2D eigenvalue weighted by Crippen LogP contribution is -2.34. The SMILES string of the molecule is C#CCOc1cccc(CN(C2CC2)S(=O)(=O)c2c(F)c(F)c(F)c(F)c2F)c1. The van der Waals surface area contributed by atoms with Crippen LogP contribution in [-0.2, 0) is 16.6 Å². The molecule has 29 heavy (non-hydrogen) atoms. The Morgan fingerprint density at radius 1 is 1.03 bits per heavy atom. The molecule has 2 aromatic carbocycles. The van der Waals surface area contributed by atoms with Crippen LogP contribution >= 0.6 is 0 Å². The van der Waals surface area contributed by atoms with E-state index in [0.717, 1.165) is 4.31 Å². The van der Waals surface area contributed by atoms with Gasteiger partial charge in [0.1, 0.15) is 12.4 Å². The first kappa shape index (κ1) is 21.1. The van der Waals surface area contributed by atoms with Crippen LogP contribution in [-0.4, -0.2) is 25.4 Å². The normalized spacial score (nSPS) is 14.1. The zero-order valence-corrected chi connectivity index (χ0v) is 15.6. The maximum Gasteiger partial charge on any atom is 0.249 e. The minimum absolute atomic E-state index is 0.0291. The zero-order valence-electron chi connectivity index (χ0n) is 14.8. The van der Waals surface area contributed by atoms with Crippen molar-refractivity contribution in [2.75, 3.05) is 6.61 Å². The van der Waals surface area contributed by atoms with Crippen molar-refractivity contribution in [3.05, 3.63) is 58.9 Å². The Hall–Kier alpha value is -2.64. The van der Waals surface area contributed by atoms with Gasteiger partial charge in [-0.1, -0.05) is 18.1 Å². The molecule has 1 aliphatic carbocycles. The highest BCUT2D eigenvalue weighted by atomic mass is 32.2. The van der Waals surface area contributed by atoms with E-state index in [1.165, 1.54) is 12.1 Å². The number of hydrogen-bond acceptors (Lipinski definition) is 3. The minimum atomic E-state index is -5.03. The average Bonchev–Trinajstić information content (AvgIpc) is 3.52. The largest absolute Gasteiger partial charge is 0.481 e. The maximum absolute atomic E-state index is 14.1. The Balaban J connectivity index is 2.02. The van der Waals surface area contributed by atoms with E-state index >= 15 is 0 Å². The topological polar surface area (TPSA) is 46.6 Å². The second-order valence-corrected chi connectivity index (χ2v) is 8.15. The Kier molecular flexibility index (Phi) is 5.82. The molecular weight excluding hydrogens is 417 g/mol. The summed E-state index contributed by atoms with van der Waals surface area (Å²) < 4.78 is 100. The molecule has 154 valence electrons. The summed E-state index contributed by atoms with van der Waals surface area (Å²) in [5.74, 6) is -9.23. The molecule has 4 nitrogen and oxygen atoms in total. The van der Waals surface area contributed by atoms with Gasteiger partial charge in [0.05, 0.1) is 0 Å². The van der Waals surface area contributed by atoms with Gasteiger partial charge in [0, 0.05) is 12.6 Å². The molecular formula is C19H14F5NO3S. The van der Waals surface area contributed by atoms with Crippen molar-refractivity contribution in [3.8, 4) is 18.1 Å². The standard InChI is InChI=1S/C19H14F5NO3S/c1-2-8-28-13-5-3-4-11(9-13)10-25(12-6-7-12)29(26,27)19-17(23)15(21)14(20)16(22)18(19)24/h1,3-5,9,12H,6-8,10H2. The molecule has 0 atom stereocenters. The Morgan fingerprint density at radius 2 is 1.62 bits per heavy atom. The first-order valence-corrected chi connectivity index (χ1v) is 9.81. The lowest BCUT2D eigenvalue weighted by molar-refractivity contribution is 0.345. The van der Waals surface area contributed by atoms with E-state index in [9.17, 15) is 30.4 Å². The number of nitrogens with zero attached hydrogens (tertiary/aromatic N) is 1. The van der Waals surface area contributed by atoms with Crippen LogP contribution in [0.5, 0.6) is 5.75 Å². The highest BCUT2D eigenvalue weighted by molar-refractivity contribution is 7.89. The lowest BCUT2D eigenvalue weighted by atomic mass is 10.2. The molecule has 0 radical (unpaired) electrons. The van der Waals surface area contributed by atoms with E-state index in [4.69, 9.17) is 11.2 Å². The van der Waals surface area contributed by atoms with Gasteiger partial charge in [-0.05, 0) is 30.5 Å². The third kappa shape index (κ3) is 4.06. The van der Waals surface area contributed by atoms with Gasteiger partial charge < -0.3 is 4.74 Å². The van der Waals surface area contributed by atoms with Gasteiger partial charge in [0.2, 0.25) is 15.8 Å². The van der Waals surface area contributed by atoms with Crippen LogP contribution in [0.15, 0.2) is 29.2 Å². The zero-order chi connectivity index (χ0) is 21.3. The van der Waals surface area contributed by atoms with Crippen molar-refractivity contribution in [1.82, 2.24) is 4.31 Å². The predicted molar refractivity (Wildman–Crippen MR) is 92.8 cm³/mol. The summed E-state index contributed by atoms with van der Waals surface area (Å²) in [6, 6.07) is 5.51. The Labute approximate surface area is 163 Å². The van der Waals surface area contributed by atoms with Crippen molar-refractivity contribution in [2.45, 2.75) is 30.3 Å². The third-order valence-corrected chi connectivity index (χ3v) is 6.17. The van der Waals surface area contributed by atoms with Crippen LogP contribution < -0.4 is 4.74 Å². The van der Waals surface area contributed by atoms with E-state index < -0.39 is 50.0 Å². The van der Waals surface area contributed by atoms with E-state index in [2.05, 4.69) is 5.92 Å². The average molecular weight is 431 g/mol. The smallest absolute Gasteiger partial charge is 0.249 e. The fourth-order valence-electron chi connectivity index (χ4n) is 2.74. The quantitative estimate of drug-likeness (QED) is 0.290. The van der Waals surface area contributed by atoms with Crippen molar-refractivity contribution in [1.29, 1.82) is 0 Å². The number of hydrogen-bond donors (Lipinski definition) is 0. The van der Waals surface area contributed by atoms with E-state index in [1.54, 1.807) is 12.1 Å². The van der Waals surface area contributed by atoms with Crippen LogP contribution in [0.2, 0.25) is 0 Å². The van der Waals surface area contributed by atoms with Crippen molar-refractivity contribution < 1.29 is 35.1 Å². The van der Waals surface area contributed by atoms with Gasteiger partial charge in [-0.2, -0.15) is 4.31 Å². The van der Waals surface area contributed by atoms with Crippen molar-refractivity contribution in [2.24, 2.45) is 0 Å². The van der Waals surface area contributed by atoms with Gasteiger partial charge in [-0.3, -0.25) is 0 Å². The molecule has 10 heteroatoms. The molecule has 0 saturated heterocycles. The predicted octanol–water partition coefficient (Wildman–Crippen LogP) is 3.75. The van der Waals surface area contributed by atoms with E-state index in [-0.39, 0.29) is 13.2 Å². The van der Waals surface area contributed by atoms with Crippen LogP contribution in [0, 0.1) is 41.4 Å². The molecule has 3 rings (SSSR count). The van der Waals surface area contributed by atoms with Gasteiger partial charge in [-0.25, -0.2) is 30.4 Å². The summed E-state index contributed by atoms with van der Waals surface area (Å²) in [5.41, 5.74) is 0.388. The second-order valence-electron chi connectivity index (χ2n) is 6.32. The van der Waals surface area contributed by atoms with E-state index in [0.29, 0.717) is 24.2 Å². The maximum atomic E-state index is 14.1. The number of rotatable bonds is 7.